The first-order valence-corrected chi connectivity index (χ1v) is 8.40. The van der Waals surface area contributed by atoms with Gasteiger partial charge in [0.15, 0.2) is 0 Å². The van der Waals surface area contributed by atoms with Gasteiger partial charge in [-0.25, -0.2) is 13.2 Å². The molecule has 24 heavy (non-hydrogen) atoms. The molecule has 0 radical (unpaired) electrons. The molecule has 7 nitrogen and oxygen atoms in total. The molecule has 0 bridgehead atoms. The van der Waals surface area contributed by atoms with Gasteiger partial charge in [0.05, 0.1) is 22.6 Å². The number of nitrogens with zero attached hydrogens (tertiary/aromatic N) is 1. The zero-order valence-electron chi connectivity index (χ0n) is 12.5. The second kappa shape index (κ2) is 7.14. The number of hydrogen-bond donors (Lipinski definition) is 2. The van der Waals surface area contributed by atoms with Gasteiger partial charge in [0.25, 0.3) is 10.0 Å². The quantitative estimate of drug-likeness (QED) is 0.791. The number of aliphatic carboxylic acids is 1. The normalized spacial score (nSPS) is 11.0. The summed E-state index contributed by atoms with van der Waals surface area (Å²) in [4.78, 5) is 22.2. The molecule has 2 N–H and O–H groups in total. The monoisotopic (exact) mass is 349 g/mol. The maximum Gasteiger partial charge on any atom is 0.337 e. The first-order valence-electron chi connectivity index (χ1n) is 6.96. The Morgan fingerprint density at radius 3 is 2.08 bits per heavy atom. The van der Waals surface area contributed by atoms with Gasteiger partial charge in [-0.3, -0.25) is 9.10 Å². The fourth-order valence-corrected chi connectivity index (χ4v) is 3.66. The van der Waals surface area contributed by atoms with Crippen molar-refractivity contribution < 1.29 is 28.2 Å². The molecular weight excluding hydrogens is 334 g/mol. The van der Waals surface area contributed by atoms with E-state index in [9.17, 15) is 23.1 Å². The summed E-state index contributed by atoms with van der Waals surface area (Å²) in [6.45, 7) is -0.378. The van der Waals surface area contributed by atoms with Gasteiger partial charge in [0.2, 0.25) is 0 Å². The lowest BCUT2D eigenvalue weighted by Crippen LogP contribution is -2.34. The molecule has 2 rings (SSSR count). The third kappa shape index (κ3) is 3.72. The van der Waals surface area contributed by atoms with Gasteiger partial charge in [-0.15, -0.1) is 0 Å². The van der Waals surface area contributed by atoms with E-state index >= 15 is 0 Å². The molecule has 0 heterocycles. The van der Waals surface area contributed by atoms with Crippen molar-refractivity contribution in [2.45, 2.75) is 11.3 Å². The Morgan fingerprint density at radius 2 is 1.50 bits per heavy atom. The van der Waals surface area contributed by atoms with Gasteiger partial charge in [-0.2, -0.15) is 0 Å². The molecule has 126 valence electrons. The number of para-hydroxylation sites is 1. The second-order valence-electron chi connectivity index (χ2n) is 4.86. The van der Waals surface area contributed by atoms with Crippen LogP contribution in [0.1, 0.15) is 16.8 Å². The largest absolute Gasteiger partial charge is 0.481 e. The number of aromatic carboxylic acids is 1. The van der Waals surface area contributed by atoms with Crippen molar-refractivity contribution in [2.24, 2.45) is 0 Å². The molecule has 0 unspecified atom stereocenters. The molecule has 0 amide bonds. The van der Waals surface area contributed by atoms with Crippen LogP contribution in [0.15, 0.2) is 59.5 Å². The smallest absolute Gasteiger partial charge is 0.337 e. The van der Waals surface area contributed by atoms with E-state index in [-0.39, 0.29) is 22.7 Å². The fraction of sp³-hybridized carbons (Fsp3) is 0.125. The van der Waals surface area contributed by atoms with Crippen LogP contribution in [0.3, 0.4) is 0 Å². The molecule has 0 fully saturated rings. The first kappa shape index (κ1) is 17.5. The first-order chi connectivity index (χ1) is 11.3. The van der Waals surface area contributed by atoms with Gasteiger partial charge in [0, 0.05) is 6.54 Å². The topological polar surface area (TPSA) is 112 Å². The molecule has 0 aromatic heterocycles. The number of hydrogen-bond acceptors (Lipinski definition) is 4. The summed E-state index contributed by atoms with van der Waals surface area (Å²) in [6.07, 6.45) is -0.458. The summed E-state index contributed by atoms with van der Waals surface area (Å²) in [5.74, 6) is -2.48. The van der Waals surface area contributed by atoms with Crippen molar-refractivity contribution >= 4 is 27.6 Å². The molecule has 0 atom stereocenters. The second-order valence-corrected chi connectivity index (χ2v) is 6.72. The molecule has 0 saturated heterocycles. The van der Waals surface area contributed by atoms with E-state index in [1.165, 1.54) is 48.5 Å². The van der Waals surface area contributed by atoms with Gasteiger partial charge >= 0.3 is 11.9 Å². The highest BCUT2D eigenvalue weighted by Crippen LogP contribution is 2.27. The molecule has 8 heteroatoms. The number of carboxylic acid groups (broad SMARTS) is 2. The molecule has 0 aliphatic rings. The fourth-order valence-electron chi connectivity index (χ4n) is 2.16. The minimum atomic E-state index is -4.10. The van der Waals surface area contributed by atoms with Crippen molar-refractivity contribution in [1.29, 1.82) is 0 Å². The van der Waals surface area contributed by atoms with E-state index in [1.54, 1.807) is 6.07 Å². The van der Waals surface area contributed by atoms with Crippen LogP contribution in [0.4, 0.5) is 5.69 Å². The lowest BCUT2D eigenvalue weighted by atomic mass is 10.2. The van der Waals surface area contributed by atoms with E-state index in [2.05, 4.69) is 0 Å². The highest BCUT2D eigenvalue weighted by atomic mass is 32.2. The predicted octanol–water partition coefficient (Wildman–Crippen LogP) is 2.05. The number of sulfonamides is 1. The third-order valence-corrected chi connectivity index (χ3v) is 5.09. The van der Waals surface area contributed by atoms with Crippen molar-refractivity contribution in [1.82, 2.24) is 0 Å². The van der Waals surface area contributed by atoms with Crippen LogP contribution in [0, 0.1) is 0 Å². The minimum Gasteiger partial charge on any atom is -0.481 e. The van der Waals surface area contributed by atoms with Crippen LogP contribution in [0.25, 0.3) is 0 Å². The van der Waals surface area contributed by atoms with E-state index in [0.717, 1.165) is 4.31 Å². The van der Waals surface area contributed by atoms with Gasteiger partial charge < -0.3 is 10.2 Å². The zero-order valence-corrected chi connectivity index (χ0v) is 13.3. The third-order valence-electron chi connectivity index (χ3n) is 3.26. The molecule has 2 aromatic rings. The SMILES string of the molecule is O=C(O)CCN(c1ccccc1C(=O)O)S(=O)(=O)c1ccccc1. The average Bonchev–Trinajstić information content (AvgIpc) is 2.55. The zero-order chi connectivity index (χ0) is 17.7. The number of carbonyl (C=O) groups is 2. The number of benzene rings is 2. The Kier molecular flexibility index (Phi) is 5.20. The average molecular weight is 349 g/mol. The van der Waals surface area contributed by atoms with Crippen molar-refractivity contribution in [3.8, 4) is 0 Å². The summed E-state index contributed by atoms with van der Waals surface area (Å²) in [5, 5.41) is 18.2. The minimum absolute atomic E-state index is 0.0458. The molecule has 0 aliphatic heterocycles. The van der Waals surface area contributed by atoms with Crippen molar-refractivity contribution in [3.63, 3.8) is 0 Å². The van der Waals surface area contributed by atoms with Gasteiger partial charge in [-0.05, 0) is 24.3 Å². The maximum atomic E-state index is 12.9. The van der Waals surface area contributed by atoms with E-state index in [0.29, 0.717) is 0 Å². The molecule has 2 aromatic carbocycles. The van der Waals surface area contributed by atoms with Crippen LogP contribution >= 0.6 is 0 Å². The predicted molar refractivity (Wildman–Crippen MR) is 86.6 cm³/mol. The summed E-state index contributed by atoms with van der Waals surface area (Å²) >= 11 is 0. The Morgan fingerprint density at radius 1 is 0.917 bits per heavy atom. The summed E-state index contributed by atoms with van der Waals surface area (Å²) in [5.41, 5.74) is -0.294. The summed E-state index contributed by atoms with van der Waals surface area (Å²) in [7, 11) is -4.10. The standard InChI is InChI=1S/C16H15NO6S/c18-15(19)10-11-17(14-9-5-4-8-13(14)16(20)21)24(22,23)12-6-2-1-3-7-12/h1-9H,10-11H2,(H,18,19)(H,20,21). The highest BCUT2D eigenvalue weighted by Gasteiger charge is 2.28. The van der Waals surface area contributed by atoms with Crippen LogP contribution in [-0.4, -0.2) is 37.1 Å². The molecule has 0 aliphatic carbocycles. The number of anilines is 1. The number of rotatable bonds is 7. The van der Waals surface area contributed by atoms with Gasteiger partial charge in [-0.1, -0.05) is 30.3 Å². The van der Waals surface area contributed by atoms with Crippen LogP contribution in [0.5, 0.6) is 0 Å². The molecular formula is C16H15NO6S. The Balaban J connectivity index is 2.58. The van der Waals surface area contributed by atoms with Crippen molar-refractivity contribution in [2.75, 3.05) is 10.8 Å². The highest BCUT2D eigenvalue weighted by molar-refractivity contribution is 7.92. The molecule has 0 saturated carbocycles. The van der Waals surface area contributed by atoms with E-state index in [1.807, 2.05) is 0 Å². The van der Waals surface area contributed by atoms with E-state index in [4.69, 9.17) is 5.11 Å². The summed E-state index contributed by atoms with van der Waals surface area (Å²) in [6, 6.07) is 13.0. The van der Waals surface area contributed by atoms with Crippen LogP contribution < -0.4 is 4.31 Å². The van der Waals surface area contributed by atoms with Gasteiger partial charge in [0.1, 0.15) is 0 Å². The van der Waals surface area contributed by atoms with Crippen LogP contribution in [-0.2, 0) is 14.8 Å². The number of carboxylic acids is 2. The Hall–Kier alpha value is -2.87. The van der Waals surface area contributed by atoms with Crippen LogP contribution in [0.2, 0.25) is 0 Å². The Bertz CT molecular complexity index is 848. The lowest BCUT2D eigenvalue weighted by molar-refractivity contribution is -0.136. The van der Waals surface area contributed by atoms with Crippen molar-refractivity contribution in [3.05, 3.63) is 60.2 Å². The summed E-state index contributed by atoms with van der Waals surface area (Å²) < 4.78 is 26.5. The van der Waals surface area contributed by atoms with E-state index < -0.39 is 28.4 Å². The molecule has 0 spiro atoms. The lowest BCUT2D eigenvalue weighted by Gasteiger charge is -2.25. The Labute approximate surface area is 138 Å². The maximum absolute atomic E-state index is 12.9.